The lowest BCUT2D eigenvalue weighted by molar-refractivity contribution is -0.150. The summed E-state index contributed by atoms with van der Waals surface area (Å²) in [4.78, 5) is 12.2. The predicted octanol–water partition coefficient (Wildman–Crippen LogP) is 4.17. The first-order valence-electron chi connectivity index (χ1n) is 8.53. The topological polar surface area (TPSA) is 55.8 Å². The van der Waals surface area contributed by atoms with E-state index in [1.165, 1.54) is 19.6 Å². The predicted molar refractivity (Wildman–Crippen MR) is 92.8 cm³/mol. The summed E-state index contributed by atoms with van der Waals surface area (Å²) in [6, 6.07) is 4.95. The molecule has 0 spiro atoms. The maximum Gasteiger partial charge on any atom is 0.331 e. The number of carbonyl (C=O) groups is 1. The van der Waals surface area contributed by atoms with Gasteiger partial charge in [-0.3, -0.25) is 0 Å². The minimum atomic E-state index is -0.309. The molecule has 3 atom stereocenters. The zero-order valence-electron chi connectivity index (χ0n) is 14.8. The standard InChI is InChI=1S/C20H26O4/c1-19(2)14-9-10-20(19,3)17(12-14)24-18(22)8-6-13-5-7-15(21)16(11-13)23-4/h5-8,11,14,17,21H,9-10,12H2,1-4H3/b8-6+/t14-,17-,20-/m1/s1. The highest BCUT2D eigenvalue weighted by Gasteiger charge is 2.62. The molecule has 0 unspecified atom stereocenters. The average Bonchev–Trinajstić information content (AvgIpc) is 2.87. The fraction of sp³-hybridized carbons (Fsp3) is 0.550. The van der Waals surface area contributed by atoms with Gasteiger partial charge < -0.3 is 14.6 Å². The highest BCUT2D eigenvalue weighted by Crippen LogP contribution is 2.66. The first-order valence-corrected chi connectivity index (χ1v) is 8.53. The summed E-state index contributed by atoms with van der Waals surface area (Å²) in [5.41, 5.74) is 1.08. The number of fused-ring (bicyclic) bond motifs is 2. The number of hydrogen-bond acceptors (Lipinski definition) is 4. The third-order valence-electron chi connectivity index (χ3n) is 6.59. The Morgan fingerprint density at radius 2 is 2.08 bits per heavy atom. The van der Waals surface area contributed by atoms with Gasteiger partial charge >= 0.3 is 5.97 Å². The molecule has 0 aromatic heterocycles. The molecule has 3 rings (SSSR count). The van der Waals surface area contributed by atoms with Crippen LogP contribution >= 0.6 is 0 Å². The van der Waals surface area contributed by atoms with E-state index in [1.807, 2.05) is 0 Å². The van der Waals surface area contributed by atoms with Crippen molar-refractivity contribution in [3.05, 3.63) is 29.8 Å². The Hall–Kier alpha value is -1.97. The Kier molecular flexibility index (Phi) is 4.10. The van der Waals surface area contributed by atoms with Crippen LogP contribution in [0.3, 0.4) is 0 Å². The van der Waals surface area contributed by atoms with Crippen LogP contribution in [0.15, 0.2) is 24.3 Å². The van der Waals surface area contributed by atoms with Gasteiger partial charge in [0.15, 0.2) is 11.5 Å². The lowest BCUT2D eigenvalue weighted by atomic mass is 9.70. The maximum atomic E-state index is 12.2. The first kappa shape index (κ1) is 16.9. The Bertz CT molecular complexity index is 676. The number of rotatable bonds is 4. The van der Waals surface area contributed by atoms with Crippen LogP contribution in [-0.2, 0) is 9.53 Å². The Morgan fingerprint density at radius 1 is 1.33 bits per heavy atom. The third-order valence-corrected chi connectivity index (χ3v) is 6.59. The van der Waals surface area contributed by atoms with Crippen molar-refractivity contribution < 1.29 is 19.4 Å². The van der Waals surface area contributed by atoms with Crippen LogP contribution in [0.4, 0.5) is 0 Å². The average molecular weight is 330 g/mol. The monoisotopic (exact) mass is 330 g/mol. The summed E-state index contributed by atoms with van der Waals surface area (Å²) in [6.07, 6.45) is 6.47. The Morgan fingerprint density at radius 3 is 2.67 bits per heavy atom. The summed E-state index contributed by atoms with van der Waals surface area (Å²) in [6.45, 7) is 6.86. The normalized spacial score (nSPS) is 30.7. The van der Waals surface area contributed by atoms with E-state index in [0.717, 1.165) is 18.4 Å². The molecule has 0 aliphatic heterocycles. The Balaban J connectivity index is 1.67. The molecule has 4 heteroatoms. The number of esters is 1. The molecule has 0 saturated heterocycles. The van der Waals surface area contributed by atoms with Crippen molar-refractivity contribution in [2.75, 3.05) is 7.11 Å². The van der Waals surface area contributed by atoms with E-state index in [-0.39, 0.29) is 28.7 Å². The summed E-state index contributed by atoms with van der Waals surface area (Å²) in [7, 11) is 1.49. The van der Waals surface area contributed by atoms with Crippen LogP contribution in [0, 0.1) is 16.7 Å². The van der Waals surface area contributed by atoms with Crippen molar-refractivity contribution in [3.8, 4) is 11.5 Å². The van der Waals surface area contributed by atoms with Gasteiger partial charge in [0.25, 0.3) is 0 Å². The van der Waals surface area contributed by atoms with Gasteiger partial charge in [-0.1, -0.05) is 26.8 Å². The van der Waals surface area contributed by atoms with E-state index in [1.54, 1.807) is 24.3 Å². The number of methoxy groups -OCH3 is 1. The fourth-order valence-electron chi connectivity index (χ4n) is 4.45. The number of ether oxygens (including phenoxy) is 2. The van der Waals surface area contributed by atoms with Gasteiger partial charge in [-0.25, -0.2) is 4.79 Å². The van der Waals surface area contributed by atoms with E-state index in [4.69, 9.17) is 9.47 Å². The van der Waals surface area contributed by atoms with Gasteiger partial charge in [-0.2, -0.15) is 0 Å². The second-order valence-corrected chi connectivity index (χ2v) is 7.80. The maximum absolute atomic E-state index is 12.2. The SMILES string of the molecule is COc1cc(/C=C/C(=O)O[C@@H]2C[C@H]3CC[C@@]2(C)C3(C)C)ccc1O. The van der Waals surface area contributed by atoms with Gasteiger partial charge in [-0.15, -0.1) is 0 Å². The third kappa shape index (κ3) is 2.58. The zero-order valence-corrected chi connectivity index (χ0v) is 14.8. The molecule has 24 heavy (non-hydrogen) atoms. The number of hydrogen-bond donors (Lipinski definition) is 1. The minimum absolute atomic E-state index is 0.00208. The molecule has 130 valence electrons. The van der Waals surface area contributed by atoms with E-state index >= 15 is 0 Å². The second kappa shape index (κ2) is 5.83. The number of phenolic OH excluding ortho intramolecular Hbond substituents is 1. The van der Waals surface area contributed by atoms with Crippen molar-refractivity contribution >= 4 is 12.0 Å². The van der Waals surface area contributed by atoms with Crippen LogP contribution in [0.2, 0.25) is 0 Å². The molecule has 0 amide bonds. The quantitative estimate of drug-likeness (QED) is 0.665. The molecule has 1 aromatic rings. The molecule has 2 aliphatic rings. The summed E-state index contributed by atoms with van der Waals surface area (Å²) >= 11 is 0. The highest BCUT2D eigenvalue weighted by molar-refractivity contribution is 5.87. The van der Waals surface area contributed by atoms with E-state index in [0.29, 0.717) is 11.7 Å². The zero-order chi connectivity index (χ0) is 17.5. The van der Waals surface area contributed by atoms with E-state index < -0.39 is 0 Å². The van der Waals surface area contributed by atoms with Crippen LogP contribution < -0.4 is 4.74 Å². The van der Waals surface area contributed by atoms with Crippen LogP contribution in [0.25, 0.3) is 6.08 Å². The molecule has 0 heterocycles. The molecular weight excluding hydrogens is 304 g/mol. The van der Waals surface area contributed by atoms with Gasteiger partial charge in [-0.05, 0) is 54.4 Å². The van der Waals surface area contributed by atoms with Crippen molar-refractivity contribution in [1.82, 2.24) is 0 Å². The molecule has 2 bridgehead atoms. The fourth-order valence-corrected chi connectivity index (χ4v) is 4.45. The lowest BCUT2D eigenvalue weighted by Crippen LogP contribution is -2.38. The molecular formula is C20H26O4. The summed E-state index contributed by atoms with van der Waals surface area (Å²) < 4.78 is 10.8. The van der Waals surface area contributed by atoms with Crippen molar-refractivity contribution in [3.63, 3.8) is 0 Å². The van der Waals surface area contributed by atoms with E-state index in [2.05, 4.69) is 20.8 Å². The minimum Gasteiger partial charge on any atom is -0.504 e. The van der Waals surface area contributed by atoms with Crippen molar-refractivity contribution in [2.45, 2.75) is 46.1 Å². The molecule has 2 fully saturated rings. The summed E-state index contributed by atoms with van der Waals surface area (Å²) in [5, 5.41) is 9.60. The second-order valence-electron chi connectivity index (χ2n) is 7.80. The largest absolute Gasteiger partial charge is 0.504 e. The van der Waals surface area contributed by atoms with Crippen LogP contribution in [0.1, 0.15) is 45.6 Å². The number of benzene rings is 1. The Labute approximate surface area is 143 Å². The van der Waals surface area contributed by atoms with Crippen molar-refractivity contribution in [1.29, 1.82) is 0 Å². The number of aromatic hydroxyl groups is 1. The number of phenols is 1. The van der Waals surface area contributed by atoms with Gasteiger partial charge in [0.1, 0.15) is 6.10 Å². The van der Waals surface area contributed by atoms with Gasteiger partial charge in [0.05, 0.1) is 7.11 Å². The molecule has 2 saturated carbocycles. The smallest absolute Gasteiger partial charge is 0.331 e. The summed E-state index contributed by atoms with van der Waals surface area (Å²) in [5.74, 6) is 0.796. The molecule has 1 N–H and O–H groups in total. The molecule has 0 radical (unpaired) electrons. The molecule has 1 aromatic carbocycles. The molecule has 2 aliphatic carbocycles. The first-order chi connectivity index (χ1) is 11.3. The number of carbonyl (C=O) groups excluding carboxylic acids is 1. The van der Waals surface area contributed by atoms with Crippen molar-refractivity contribution in [2.24, 2.45) is 16.7 Å². The van der Waals surface area contributed by atoms with Crippen LogP contribution in [-0.4, -0.2) is 24.3 Å². The van der Waals surface area contributed by atoms with Gasteiger partial charge in [0, 0.05) is 11.5 Å². The van der Waals surface area contributed by atoms with E-state index in [9.17, 15) is 9.90 Å². The highest BCUT2D eigenvalue weighted by atomic mass is 16.5. The van der Waals surface area contributed by atoms with Crippen LogP contribution in [0.5, 0.6) is 11.5 Å². The lowest BCUT2D eigenvalue weighted by Gasteiger charge is -2.38. The molecule has 4 nitrogen and oxygen atoms in total. The van der Waals surface area contributed by atoms with Gasteiger partial charge in [0.2, 0.25) is 0 Å².